The van der Waals surface area contributed by atoms with Crippen LogP contribution < -0.4 is 5.84 Å². The Balaban J connectivity index is 1.88. The van der Waals surface area contributed by atoms with E-state index < -0.39 is 0 Å². The number of aryl methyl sites for hydroxylation is 1. The summed E-state index contributed by atoms with van der Waals surface area (Å²) in [5, 5.41) is 11.6. The zero-order valence-corrected chi connectivity index (χ0v) is 13.7. The second-order valence-corrected chi connectivity index (χ2v) is 6.39. The molecule has 0 fully saturated rings. The smallest absolute Gasteiger partial charge is 0.216 e. The van der Waals surface area contributed by atoms with Gasteiger partial charge in [0.2, 0.25) is 5.16 Å². The molecule has 0 spiro atoms. The van der Waals surface area contributed by atoms with Crippen LogP contribution in [0.3, 0.4) is 0 Å². The predicted molar refractivity (Wildman–Crippen MR) is 85.1 cm³/mol. The SMILES string of the molecule is COCc1nc(C)cc(Sc2nnc(-c3cccs3)n2N)n1. The Bertz CT molecular complexity index is 771. The third kappa shape index (κ3) is 3.11. The largest absolute Gasteiger partial charge is 0.377 e. The van der Waals surface area contributed by atoms with Crippen molar-refractivity contribution in [2.75, 3.05) is 13.0 Å². The summed E-state index contributed by atoms with van der Waals surface area (Å²) in [5.41, 5.74) is 0.867. The van der Waals surface area contributed by atoms with Gasteiger partial charge in [-0.25, -0.2) is 14.6 Å². The first-order valence-corrected chi connectivity index (χ1v) is 8.12. The molecular weight excluding hydrogens is 320 g/mol. The summed E-state index contributed by atoms with van der Waals surface area (Å²) < 4.78 is 6.55. The summed E-state index contributed by atoms with van der Waals surface area (Å²) in [4.78, 5) is 9.71. The molecule has 0 radical (unpaired) electrons. The minimum Gasteiger partial charge on any atom is -0.377 e. The summed E-state index contributed by atoms with van der Waals surface area (Å²) in [6.45, 7) is 2.28. The van der Waals surface area contributed by atoms with E-state index >= 15 is 0 Å². The lowest BCUT2D eigenvalue weighted by Crippen LogP contribution is -2.11. The number of methoxy groups -OCH3 is 1. The van der Waals surface area contributed by atoms with Crippen LogP contribution in [0.4, 0.5) is 0 Å². The molecule has 0 saturated carbocycles. The fraction of sp³-hybridized carbons (Fsp3) is 0.231. The van der Waals surface area contributed by atoms with E-state index in [4.69, 9.17) is 10.6 Å². The van der Waals surface area contributed by atoms with Gasteiger partial charge in [-0.1, -0.05) is 6.07 Å². The van der Waals surface area contributed by atoms with Crippen LogP contribution in [0.25, 0.3) is 10.7 Å². The fourth-order valence-corrected chi connectivity index (χ4v) is 3.40. The summed E-state index contributed by atoms with van der Waals surface area (Å²) in [7, 11) is 1.61. The molecular formula is C13H14N6OS2. The third-order valence-electron chi connectivity index (χ3n) is 2.75. The van der Waals surface area contributed by atoms with Crippen LogP contribution in [-0.2, 0) is 11.3 Å². The van der Waals surface area contributed by atoms with E-state index in [2.05, 4.69) is 20.2 Å². The molecule has 2 N–H and O–H groups in total. The highest BCUT2D eigenvalue weighted by molar-refractivity contribution is 7.99. The van der Waals surface area contributed by atoms with Gasteiger partial charge in [-0.3, -0.25) is 0 Å². The van der Waals surface area contributed by atoms with Crippen LogP contribution in [0, 0.1) is 6.92 Å². The number of nitrogens with zero attached hydrogens (tertiary/aromatic N) is 5. The summed E-state index contributed by atoms with van der Waals surface area (Å²) in [6, 6.07) is 5.79. The molecule has 9 heteroatoms. The van der Waals surface area contributed by atoms with Crippen molar-refractivity contribution in [3.8, 4) is 10.7 Å². The van der Waals surface area contributed by atoms with E-state index in [1.165, 1.54) is 16.4 Å². The first-order valence-electron chi connectivity index (χ1n) is 6.43. The molecule has 0 aliphatic carbocycles. The van der Waals surface area contributed by atoms with Crippen molar-refractivity contribution < 1.29 is 4.74 Å². The Morgan fingerprint density at radius 1 is 1.36 bits per heavy atom. The lowest BCUT2D eigenvalue weighted by molar-refractivity contribution is 0.177. The number of nitrogen functional groups attached to an aromatic ring is 1. The Labute approximate surface area is 135 Å². The second-order valence-electron chi connectivity index (χ2n) is 4.45. The zero-order chi connectivity index (χ0) is 15.5. The Morgan fingerprint density at radius 2 is 2.23 bits per heavy atom. The standard InChI is InChI=1S/C13H14N6OS2/c1-8-6-11(16-10(15-8)7-20-2)22-13-18-17-12(19(13)14)9-4-3-5-21-9/h3-6H,7,14H2,1-2H3. The number of nitrogens with two attached hydrogens (primary N) is 1. The number of rotatable bonds is 5. The molecule has 3 aromatic rings. The number of hydrogen-bond acceptors (Lipinski definition) is 8. The van der Waals surface area contributed by atoms with Gasteiger partial charge in [-0.05, 0) is 36.2 Å². The Hall–Kier alpha value is -1.97. The van der Waals surface area contributed by atoms with Crippen LogP contribution in [0.5, 0.6) is 0 Å². The van der Waals surface area contributed by atoms with Crippen molar-refractivity contribution in [1.82, 2.24) is 24.8 Å². The molecule has 0 atom stereocenters. The first-order chi connectivity index (χ1) is 10.7. The highest BCUT2D eigenvalue weighted by Crippen LogP contribution is 2.28. The fourth-order valence-electron chi connectivity index (χ4n) is 1.86. The average Bonchev–Trinajstić information content (AvgIpc) is 3.10. The van der Waals surface area contributed by atoms with Crippen LogP contribution in [0.15, 0.2) is 33.8 Å². The minimum atomic E-state index is 0.366. The molecule has 7 nitrogen and oxygen atoms in total. The van der Waals surface area contributed by atoms with E-state index in [-0.39, 0.29) is 0 Å². The van der Waals surface area contributed by atoms with E-state index in [0.29, 0.717) is 23.4 Å². The van der Waals surface area contributed by atoms with Crippen molar-refractivity contribution in [1.29, 1.82) is 0 Å². The molecule has 0 unspecified atom stereocenters. The van der Waals surface area contributed by atoms with Crippen LogP contribution in [0.1, 0.15) is 11.5 Å². The molecule has 22 heavy (non-hydrogen) atoms. The van der Waals surface area contributed by atoms with Gasteiger partial charge in [0.1, 0.15) is 11.6 Å². The lowest BCUT2D eigenvalue weighted by Gasteiger charge is -2.05. The van der Waals surface area contributed by atoms with Gasteiger partial charge in [0.05, 0.1) is 4.88 Å². The number of hydrogen-bond donors (Lipinski definition) is 1. The zero-order valence-electron chi connectivity index (χ0n) is 12.1. The number of aromatic nitrogens is 5. The molecule has 0 bridgehead atoms. The maximum atomic E-state index is 6.09. The van der Waals surface area contributed by atoms with E-state index in [1.54, 1.807) is 18.4 Å². The second kappa shape index (κ2) is 6.42. The summed E-state index contributed by atoms with van der Waals surface area (Å²) in [6.07, 6.45) is 0. The Kier molecular flexibility index (Phi) is 4.36. The monoisotopic (exact) mass is 334 g/mol. The van der Waals surface area contributed by atoms with Crippen molar-refractivity contribution in [3.63, 3.8) is 0 Å². The van der Waals surface area contributed by atoms with Gasteiger partial charge in [-0.2, -0.15) is 0 Å². The van der Waals surface area contributed by atoms with Crippen molar-refractivity contribution in [2.45, 2.75) is 23.7 Å². The summed E-state index contributed by atoms with van der Waals surface area (Å²) in [5.74, 6) is 7.36. The van der Waals surface area contributed by atoms with E-state index in [1.807, 2.05) is 30.5 Å². The normalized spacial score (nSPS) is 11.0. The maximum Gasteiger partial charge on any atom is 0.216 e. The molecule has 114 valence electrons. The average molecular weight is 334 g/mol. The first kappa shape index (κ1) is 14.9. The predicted octanol–water partition coefficient (Wildman–Crippen LogP) is 2.12. The number of ether oxygens (including phenoxy) is 1. The molecule has 3 aromatic heterocycles. The molecule has 3 heterocycles. The topological polar surface area (TPSA) is 91.7 Å². The van der Waals surface area contributed by atoms with E-state index in [0.717, 1.165) is 15.6 Å². The molecule has 0 aliphatic rings. The third-order valence-corrected chi connectivity index (χ3v) is 4.50. The highest BCUT2D eigenvalue weighted by Gasteiger charge is 2.15. The van der Waals surface area contributed by atoms with Crippen molar-refractivity contribution >= 4 is 23.1 Å². The quantitative estimate of drug-likeness (QED) is 0.564. The van der Waals surface area contributed by atoms with E-state index in [9.17, 15) is 0 Å². The van der Waals surface area contributed by atoms with Crippen LogP contribution in [0.2, 0.25) is 0 Å². The summed E-state index contributed by atoms with van der Waals surface area (Å²) >= 11 is 2.92. The lowest BCUT2D eigenvalue weighted by atomic mass is 10.4. The van der Waals surface area contributed by atoms with Crippen molar-refractivity contribution in [3.05, 3.63) is 35.1 Å². The Morgan fingerprint density at radius 3 is 2.95 bits per heavy atom. The molecule has 0 saturated heterocycles. The van der Waals surface area contributed by atoms with Gasteiger partial charge in [0, 0.05) is 12.8 Å². The number of thiophene rings is 1. The van der Waals surface area contributed by atoms with Crippen LogP contribution >= 0.6 is 23.1 Å². The van der Waals surface area contributed by atoms with Gasteiger partial charge >= 0.3 is 0 Å². The molecule has 0 aliphatic heterocycles. The molecule has 0 amide bonds. The maximum absolute atomic E-state index is 6.09. The highest BCUT2D eigenvalue weighted by atomic mass is 32.2. The molecule has 3 rings (SSSR count). The van der Waals surface area contributed by atoms with Gasteiger partial charge < -0.3 is 10.6 Å². The van der Waals surface area contributed by atoms with Gasteiger partial charge in [0.15, 0.2) is 11.6 Å². The minimum absolute atomic E-state index is 0.366. The van der Waals surface area contributed by atoms with Crippen molar-refractivity contribution in [2.24, 2.45) is 0 Å². The van der Waals surface area contributed by atoms with Crippen LogP contribution in [-0.4, -0.2) is 32.0 Å². The molecule has 0 aromatic carbocycles. The van der Waals surface area contributed by atoms with Gasteiger partial charge in [-0.15, -0.1) is 21.5 Å². The van der Waals surface area contributed by atoms with Gasteiger partial charge in [0.25, 0.3) is 0 Å².